The average Bonchev–Trinajstić information content (AvgIpc) is 2.90. The summed E-state index contributed by atoms with van der Waals surface area (Å²) >= 11 is 0. The van der Waals surface area contributed by atoms with Gasteiger partial charge in [0.2, 0.25) is 0 Å². The Balaban J connectivity index is 1.95. The van der Waals surface area contributed by atoms with Crippen LogP contribution in [0.1, 0.15) is 21.6 Å². The molecule has 0 saturated carbocycles. The Bertz CT molecular complexity index is 814. The van der Waals surface area contributed by atoms with Gasteiger partial charge < -0.3 is 10.0 Å². The summed E-state index contributed by atoms with van der Waals surface area (Å²) in [5, 5.41) is 13.6. The van der Waals surface area contributed by atoms with Gasteiger partial charge in [-0.25, -0.2) is 9.50 Å². The van der Waals surface area contributed by atoms with Gasteiger partial charge in [0.1, 0.15) is 5.56 Å². The Labute approximate surface area is 134 Å². The minimum absolute atomic E-state index is 0.0930. The Hall–Kier alpha value is -2.73. The number of nitrogens with zero attached hydrogens (tertiary/aromatic N) is 4. The maximum Gasteiger partial charge on any atom is 0.260 e. The first-order chi connectivity index (χ1) is 11.2. The fourth-order valence-corrected chi connectivity index (χ4v) is 2.58. The van der Waals surface area contributed by atoms with Gasteiger partial charge in [0.25, 0.3) is 5.91 Å². The molecule has 1 aromatic carbocycles. The summed E-state index contributed by atoms with van der Waals surface area (Å²) < 4.78 is 1.60. The molecule has 2 aromatic heterocycles. The monoisotopic (exact) mass is 310 g/mol. The fourth-order valence-electron chi connectivity index (χ4n) is 2.58. The van der Waals surface area contributed by atoms with Gasteiger partial charge in [0.15, 0.2) is 5.65 Å². The molecular weight excluding hydrogens is 292 g/mol. The van der Waals surface area contributed by atoms with E-state index < -0.39 is 0 Å². The maximum absolute atomic E-state index is 13.0. The second-order valence-electron chi connectivity index (χ2n) is 5.28. The Morgan fingerprint density at radius 2 is 2.04 bits per heavy atom. The number of hydrogen-bond donors (Lipinski definition) is 1. The van der Waals surface area contributed by atoms with E-state index in [4.69, 9.17) is 0 Å². The van der Waals surface area contributed by atoms with Crippen LogP contribution in [0.5, 0.6) is 0 Å². The first-order valence-electron chi connectivity index (χ1n) is 7.44. The number of aromatic nitrogens is 3. The van der Waals surface area contributed by atoms with Crippen LogP contribution in [0.15, 0.2) is 48.8 Å². The third-order valence-electron chi connectivity index (χ3n) is 3.66. The number of carbonyl (C=O) groups is 1. The quantitative estimate of drug-likeness (QED) is 0.778. The largest absolute Gasteiger partial charge is 0.395 e. The summed E-state index contributed by atoms with van der Waals surface area (Å²) in [6.07, 6.45) is 3.40. The lowest BCUT2D eigenvalue weighted by atomic mass is 10.1. The molecule has 118 valence electrons. The lowest BCUT2D eigenvalue weighted by Crippen LogP contribution is -2.33. The summed E-state index contributed by atoms with van der Waals surface area (Å²) in [5.41, 5.74) is 2.65. The third kappa shape index (κ3) is 3.07. The van der Waals surface area contributed by atoms with Gasteiger partial charge in [0, 0.05) is 25.5 Å². The molecule has 0 bridgehead atoms. The molecule has 1 N–H and O–H groups in total. The van der Waals surface area contributed by atoms with Gasteiger partial charge in [-0.3, -0.25) is 4.79 Å². The summed E-state index contributed by atoms with van der Waals surface area (Å²) in [5.74, 6) is -0.172. The second kappa shape index (κ2) is 6.58. The van der Waals surface area contributed by atoms with Crippen molar-refractivity contribution in [2.24, 2.45) is 0 Å². The molecule has 0 unspecified atom stereocenters. The fraction of sp³-hybridized carbons (Fsp3) is 0.235. The second-order valence-corrected chi connectivity index (χ2v) is 5.28. The zero-order valence-corrected chi connectivity index (χ0v) is 12.9. The molecule has 6 heteroatoms. The van der Waals surface area contributed by atoms with Crippen LogP contribution >= 0.6 is 0 Å². The van der Waals surface area contributed by atoms with Crippen LogP contribution in [0.25, 0.3) is 5.65 Å². The predicted octanol–water partition coefficient (Wildman–Crippen LogP) is 1.67. The Morgan fingerprint density at radius 3 is 2.78 bits per heavy atom. The molecule has 0 saturated heterocycles. The molecule has 6 nitrogen and oxygen atoms in total. The van der Waals surface area contributed by atoms with Crippen LogP contribution in [0.2, 0.25) is 0 Å². The first-order valence-corrected chi connectivity index (χ1v) is 7.44. The van der Waals surface area contributed by atoms with Crippen LogP contribution in [0.3, 0.4) is 0 Å². The zero-order chi connectivity index (χ0) is 16.2. The Morgan fingerprint density at radius 1 is 1.26 bits per heavy atom. The number of hydrogen-bond acceptors (Lipinski definition) is 4. The minimum Gasteiger partial charge on any atom is -0.395 e. The molecule has 2 heterocycles. The number of fused-ring (bicyclic) bond motifs is 1. The van der Waals surface area contributed by atoms with Gasteiger partial charge in [-0.05, 0) is 18.6 Å². The Kier molecular flexibility index (Phi) is 4.34. The molecule has 0 radical (unpaired) electrons. The number of rotatable bonds is 5. The van der Waals surface area contributed by atoms with Gasteiger partial charge in [-0.2, -0.15) is 5.10 Å². The van der Waals surface area contributed by atoms with E-state index in [1.807, 2.05) is 30.3 Å². The van der Waals surface area contributed by atoms with Crippen molar-refractivity contribution < 1.29 is 9.90 Å². The highest BCUT2D eigenvalue weighted by Crippen LogP contribution is 2.17. The normalized spacial score (nSPS) is 10.9. The average molecular weight is 310 g/mol. The number of amides is 1. The molecular formula is C17H18N4O2. The number of aliphatic hydroxyl groups excluding tert-OH is 1. The van der Waals surface area contributed by atoms with E-state index in [9.17, 15) is 9.90 Å². The van der Waals surface area contributed by atoms with Crippen LogP contribution < -0.4 is 0 Å². The van der Waals surface area contributed by atoms with Crippen molar-refractivity contribution >= 4 is 11.6 Å². The topological polar surface area (TPSA) is 70.7 Å². The molecule has 0 fully saturated rings. The van der Waals surface area contributed by atoms with E-state index in [1.165, 1.54) is 0 Å². The predicted molar refractivity (Wildman–Crippen MR) is 86.0 cm³/mol. The number of aryl methyl sites for hydroxylation is 1. The first kappa shape index (κ1) is 15.2. The summed E-state index contributed by atoms with van der Waals surface area (Å²) in [4.78, 5) is 18.8. The van der Waals surface area contributed by atoms with Crippen molar-refractivity contribution in [3.8, 4) is 0 Å². The molecule has 3 aromatic rings. The van der Waals surface area contributed by atoms with Crippen LogP contribution in [-0.4, -0.2) is 43.7 Å². The summed E-state index contributed by atoms with van der Waals surface area (Å²) in [6.45, 7) is 2.40. The van der Waals surface area contributed by atoms with Gasteiger partial charge in [0.05, 0.1) is 12.3 Å². The van der Waals surface area contributed by atoms with E-state index in [0.29, 0.717) is 23.4 Å². The van der Waals surface area contributed by atoms with Crippen LogP contribution in [0.4, 0.5) is 0 Å². The molecule has 1 amide bonds. The lowest BCUT2D eigenvalue weighted by molar-refractivity contribution is 0.0709. The molecule has 0 aliphatic carbocycles. The standard InChI is InChI=1S/C17H18N4O2/c1-13-15(16-18-8-5-9-21(16)19-13)17(23)20(10-11-22)12-14-6-3-2-4-7-14/h2-9,22H,10-12H2,1H3. The van der Waals surface area contributed by atoms with Crippen molar-refractivity contribution in [1.82, 2.24) is 19.5 Å². The molecule has 0 spiro atoms. The summed E-state index contributed by atoms with van der Waals surface area (Å²) in [6, 6.07) is 11.5. The molecule has 0 aliphatic rings. The highest BCUT2D eigenvalue weighted by atomic mass is 16.3. The van der Waals surface area contributed by atoms with Crippen molar-refractivity contribution in [3.63, 3.8) is 0 Å². The number of benzene rings is 1. The smallest absolute Gasteiger partial charge is 0.260 e. The van der Waals surface area contributed by atoms with Gasteiger partial charge >= 0.3 is 0 Å². The highest BCUT2D eigenvalue weighted by molar-refractivity contribution is 6.01. The number of aliphatic hydroxyl groups is 1. The molecule has 3 rings (SSSR count). The van der Waals surface area contributed by atoms with Crippen molar-refractivity contribution in [2.45, 2.75) is 13.5 Å². The van der Waals surface area contributed by atoms with Crippen molar-refractivity contribution in [2.75, 3.05) is 13.2 Å². The van der Waals surface area contributed by atoms with Crippen molar-refractivity contribution in [3.05, 3.63) is 65.6 Å². The molecule has 23 heavy (non-hydrogen) atoms. The van der Waals surface area contributed by atoms with E-state index >= 15 is 0 Å². The van der Waals surface area contributed by atoms with Gasteiger partial charge in [-0.15, -0.1) is 0 Å². The zero-order valence-electron chi connectivity index (χ0n) is 12.9. The third-order valence-corrected chi connectivity index (χ3v) is 3.66. The van der Waals surface area contributed by atoms with E-state index in [2.05, 4.69) is 10.1 Å². The molecule has 0 aliphatic heterocycles. The van der Waals surface area contributed by atoms with Crippen LogP contribution in [-0.2, 0) is 6.54 Å². The minimum atomic E-state index is -0.172. The van der Waals surface area contributed by atoms with Crippen LogP contribution in [0, 0.1) is 6.92 Å². The lowest BCUT2D eigenvalue weighted by Gasteiger charge is -2.21. The highest BCUT2D eigenvalue weighted by Gasteiger charge is 2.23. The summed E-state index contributed by atoms with van der Waals surface area (Å²) in [7, 11) is 0. The SMILES string of the molecule is Cc1nn2cccnc2c1C(=O)N(CCO)Cc1ccccc1. The maximum atomic E-state index is 13.0. The molecule has 0 atom stereocenters. The van der Waals surface area contributed by atoms with Crippen molar-refractivity contribution in [1.29, 1.82) is 0 Å². The van der Waals surface area contributed by atoms with E-state index in [0.717, 1.165) is 5.56 Å². The van der Waals surface area contributed by atoms with E-state index in [1.54, 1.807) is 34.8 Å². The van der Waals surface area contributed by atoms with E-state index in [-0.39, 0.29) is 19.1 Å². The number of carbonyl (C=O) groups excluding carboxylic acids is 1. The van der Waals surface area contributed by atoms with Gasteiger partial charge in [-0.1, -0.05) is 30.3 Å².